The Balaban J connectivity index is 2.39. The molecule has 8 heteroatoms. The van der Waals surface area contributed by atoms with Crippen molar-refractivity contribution in [2.45, 2.75) is 20.3 Å². The van der Waals surface area contributed by atoms with Gasteiger partial charge in [-0.1, -0.05) is 32.0 Å². The lowest BCUT2D eigenvalue weighted by Gasteiger charge is -2.19. The van der Waals surface area contributed by atoms with E-state index in [1.54, 1.807) is 25.2 Å². The maximum absolute atomic E-state index is 13.5. The molecule has 6 nitrogen and oxygen atoms in total. The number of benzene rings is 1. The molecule has 0 aliphatic heterocycles. The summed E-state index contributed by atoms with van der Waals surface area (Å²) in [6.07, 6.45) is 0.519. The van der Waals surface area contributed by atoms with E-state index >= 15 is 0 Å². The molecule has 0 bridgehead atoms. The largest absolute Gasteiger partial charge is 0.356 e. The van der Waals surface area contributed by atoms with E-state index in [2.05, 4.69) is 15.6 Å². The average molecular weight is 358 g/mol. The molecule has 136 valence electrons. The fourth-order valence-electron chi connectivity index (χ4n) is 2.28. The molecule has 0 saturated heterocycles. The van der Waals surface area contributed by atoms with E-state index < -0.39 is 10.0 Å². The summed E-state index contributed by atoms with van der Waals surface area (Å²) in [6.45, 7) is 5.33. The summed E-state index contributed by atoms with van der Waals surface area (Å²) in [5.41, 5.74) is 0.629. The topological polar surface area (TPSA) is 73.8 Å². The van der Waals surface area contributed by atoms with Crippen LogP contribution in [0.25, 0.3) is 0 Å². The zero-order valence-corrected chi connectivity index (χ0v) is 15.4. The lowest BCUT2D eigenvalue weighted by Crippen LogP contribution is -2.42. The summed E-state index contributed by atoms with van der Waals surface area (Å²) < 4.78 is 39.1. The van der Waals surface area contributed by atoms with Gasteiger partial charge < -0.3 is 10.6 Å². The first-order chi connectivity index (χ1) is 11.4. The van der Waals surface area contributed by atoms with Gasteiger partial charge in [0.25, 0.3) is 0 Å². The molecular weight excluding hydrogens is 331 g/mol. The van der Waals surface area contributed by atoms with E-state index in [9.17, 15) is 12.8 Å². The first kappa shape index (κ1) is 20.4. The smallest absolute Gasteiger partial charge is 0.215 e. The average Bonchev–Trinajstić information content (AvgIpc) is 2.55. The van der Waals surface area contributed by atoms with Gasteiger partial charge in [-0.15, -0.1) is 0 Å². The standard InChI is InChI=1S/C16H27FN4O2S/c1-4-21(5-2)24(22,23)13-12-20-16(18-3)19-11-10-14-8-6-7-9-15(14)17/h6-9H,4-5,10-13H2,1-3H3,(H2,18,19,20). The van der Waals surface area contributed by atoms with Crippen molar-refractivity contribution in [1.29, 1.82) is 0 Å². The van der Waals surface area contributed by atoms with Crippen LogP contribution in [-0.2, 0) is 16.4 Å². The zero-order chi connectivity index (χ0) is 18.0. The molecule has 0 aliphatic carbocycles. The number of aliphatic imine (C=N–C) groups is 1. The number of nitrogens with one attached hydrogen (secondary N) is 2. The second kappa shape index (κ2) is 10.2. The second-order valence-electron chi connectivity index (χ2n) is 5.17. The van der Waals surface area contributed by atoms with Crippen LogP contribution in [0.4, 0.5) is 4.39 Å². The molecule has 0 aromatic heterocycles. The van der Waals surface area contributed by atoms with Crippen LogP contribution in [0.2, 0.25) is 0 Å². The minimum Gasteiger partial charge on any atom is -0.356 e. The van der Waals surface area contributed by atoms with Gasteiger partial charge in [0.1, 0.15) is 5.82 Å². The molecule has 0 saturated carbocycles. The number of rotatable bonds is 9. The molecule has 0 atom stereocenters. The predicted molar refractivity (Wildman–Crippen MR) is 96.2 cm³/mol. The Labute approximate surface area is 144 Å². The molecule has 0 unspecified atom stereocenters. The monoisotopic (exact) mass is 358 g/mol. The van der Waals surface area contributed by atoms with E-state index in [1.807, 2.05) is 13.8 Å². The van der Waals surface area contributed by atoms with E-state index in [0.717, 1.165) is 0 Å². The van der Waals surface area contributed by atoms with E-state index in [1.165, 1.54) is 10.4 Å². The second-order valence-corrected chi connectivity index (χ2v) is 7.26. The molecule has 0 heterocycles. The van der Waals surface area contributed by atoms with Crippen LogP contribution < -0.4 is 10.6 Å². The van der Waals surface area contributed by atoms with Crippen LogP contribution >= 0.6 is 0 Å². The SMILES string of the molecule is CCN(CC)S(=O)(=O)CCNC(=NC)NCCc1ccccc1F. The molecular formula is C16H27FN4O2S. The molecule has 0 fully saturated rings. The number of guanidine groups is 1. The highest BCUT2D eigenvalue weighted by Gasteiger charge is 2.18. The van der Waals surface area contributed by atoms with Crippen LogP contribution in [0.15, 0.2) is 29.3 Å². The van der Waals surface area contributed by atoms with Crippen LogP contribution in [0, 0.1) is 5.82 Å². The molecule has 2 N–H and O–H groups in total. The molecule has 0 aliphatic rings. The summed E-state index contributed by atoms with van der Waals surface area (Å²) in [7, 11) is -1.65. The van der Waals surface area contributed by atoms with Gasteiger partial charge in [0.2, 0.25) is 10.0 Å². The van der Waals surface area contributed by atoms with Crippen molar-refractivity contribution in [2.75, 3.05) is 39.0 Å². The van der Waals surface area contributed by atoms with Gasteiger partial charge in [0.15, 0.2) is 5.96 Å². The maximum atomic E-state index is 13.5. The van der Waals surface area contributed by atoms with Crippen LogP contribution in [0.1, 0.15) is 19.4 Å². The summed E-state index contributed by atoms with van der Waals surface area (Å²) >= 11 is 0. The molecule has 0 amide bonds. The molecule has 0 radical (unpaired) electrons. The Bertz CT molecular complexity index is 631. The van der Waals surface area contributed by atoms with Gasteiger partial charge in [-0.05, 0) is 18.1 Å². The fraction of sp³-hybridized carbons (Fsp3) is 0.562. The summed E-state index contributed by atoms with van der Waals surface area (Å²) in [5, 5.41) is 6.02. The van der Waals surface area contributed by atoms with Gasteiger partial charge in [0.05, 0.1) is 5.75 Å². The molecule has 0 spiro atoms. The van der Waals surface area contributed by atoms with Crippen molar-refractivity contribution in [3.63, 3.8) is 0 Å². The quantitative estimate of drug-likeness (QED) is 0.514. The lowest BCUT2D eigenvalue weighted by molar-refractivity contribution is 0.445. The van der Waals surface area contributed by atoms with Crippen LogP contribution in [0.5, 0.6) is 0 Å². The van der Waals surface area contributed by atoms with E-state index in [0.29, 0.717) is 37.6 Å². The van der Waals surface area contributed by atoms with Crippen molar-refractivity contribution in [2.24, 2.45) is 4.99 Å². The van der Waals surface area contributed by atoms with Crippen molar-refractivity contribution >= 4 is 16.0 Å². The lowest BCUT2D eigenvalue weighted by atomic mass is 10.1. The minimum atomic E-state index is -3.26. The first-order valence-electron chi connectivity index (χ1n) is 8.10. The van der Waals surface area contributed by atoms with E-state index in [4.69, 9.17) is 0 Å². The zero-order valence-electron chi connectivity index (χ0n) is 14.5. The summed E-state index contributed by atoms with van der Waals surface area (Å²) in [5.74, 6) is 0.275. The normalized spacial score (nSPS) is 12.5. The van der Waals surface area contributed by atoms with Gasteiger partial charge >= 0.3 is 0 Å². The van der Waals surface area contributed by atoms with Crippen LogP contribution in [0.3, 0.4) is 0 Å². The Kier molecular flexibility index (Phi) is 8.70. The summed E-state index contributed by atoms with van der Waals surface area (Å²) in [6, 6.07) is 6.62. The van der Waals surface area contributed by atoms with E-state index in [-0.39, 0.29) is 18.1 Å². The minimum absolute atomic E-state index is 0.00267. The van der Waals surface area contributed by atoms with Crippen molar-refractivity contribution in [3.8, 4) is 0 Å². The van der Waals surface area contributed by atoms with Gasteiger partial charge in [-0.25, -0.2) is 17.1 Å². The van der Waals surface area contributed by atoms with Crippen molar-refractivity contribution in [1.82, 2.24) is 14.9 Å². The number of sulfonamides is 1. The van der Waals surface area contributed by atoms with Gasteiger partial charge in [-0.3, -0.25) is 4.99 Å². The Hall–Kier alpha value is -1.67. The first-order valence-corrected chi connectivity index (χ1v) is 9.71. The third-order valence-corrected chi connectivity index (χ3v) is 5.64. The Morgan fingerprint density at radius 1 is 1.17 bits per heavy atom. The third kappa shape index (κ3) is 6.45. The number of halogens is 1. The molecule has 1 rings (SSSR count). The number of hydrogen-bond acceptors (Lipinski definition) is 3. The fourth-order valence-corrected chi connectivity index (χ4v) is 3.69. The van der Waals surface area contributed by atoms with Gasteiger partial charge in [-0.2, -0.15) is 0 Å². The van der Waals surface area contributed by atoms with Crippen molar-refractivity contribution < 1.29 is 12.8 Å². The molecule has 24 heavy (non-hydrogen) atoms. The number of hydrogen-bond donors (Lipinski definition) is 2. The summed E-state index contributed by atoms with van der Waals surface area (Å²) in [4.78, 5) is 4.04. The van der Waals surface area contributed by atoms with Crippen LogP contribution in [-0.4, -0.2) is 57.7 Å². The van der Waals surface area contributed by atoms with Crippen molar-refractivity contribution in [3.05, 3.63) is 35.6 Å². The highest BCUT2D eigenvalue weighted by molar-refractivity contribution is 7.89. The maximum Gasteiger partial charge on any atom is 0.215 e. The highest BCUT2D eigenvalue weighted by Crippen LogP contribution is 2.06. The Morgan fingerprint density at radius 3 is 2.38 bits per heavy atom. The third-order valence-electron chi connectivity index (χ3n) is 3.62. The molecule has 1 aromatic rings. The molecule has 1 aromatic carbocycles. The van der Waals surface area contributed by atoms with Gasteiger partial charge in [0, 0.05) is 33.2 Å². The predicted octanol–water partition coefficient (Wildman–Crippen LogP) is 1.20. The number of nitrogens with zero attached hydrogens (tertiary/aromatic N) is 2. The highest BCUT2D eigenvalue weighted by atomic mass is 32.2. The Morgan fingerprint density at radius 2 is 1.79 bits per heavy atom.